The van der Waals surface area contributed by atoms with Crippen molar-refractivity contribution in [2.45, 2.75) is 5.13 Å². The Kier molecular flexibility index (Phi) is 2.09. The third-order valence-corrected chi connectivity index (χ3v) is 1.56. The lowest BCUT2D eigenvalue weighted by molar-refractivity contribution is -0.109. The molecular formula is C7H5ClF2O. The first kappa shape index (κ1) is 8.40. The minimum Gasteiger partial charge on any atom is -0.302 e. The summed E-state index contributed by atoms with van der Waals surface area (Å²) in [6.45, 7) is 0. The fraction of sp³-hybridized carbons (Fsp3) is 0.286. The monoisotopic (exact) mass is 178 g/mol. The van der Waals surface area contributed by atoms with Gasteiger partial charge in [0.15, 0.2) is 0 Å². The van der Waals surface area contributed by atoms with Crippen LogP contribution in [0.15, 0.2) is 24.1 Å². The normalized spacial score (nSPS) is 36.6. The Morgan fingerprint density at radius 2 is 2.36 bits per heavy atom. The number of hydrogen-bond acceptors (Lipinski definition) is 1. The first-order valence-electron chi connectivity index (χ1n) is 2.96. The van der Waals surface area contributed by atoms with E-state index in [2.05, 4.69) is 0 Å². The van der Waals surface area contributed by atoms with Crippen LogP contribution in [-0.2, 0) is 4.79 Å². The van der Waals surface area contributed by atoms with Crippen LogP contribution in [0.4, 0.5) is 8.78 Å². The molecule has 1 aliphatic rings. The molecule has 0 fully saturated rings. The molecule has 0 aromatic carbocycles. The van der Waals surface area contributed by atoms with Gasteiger partial charge in [-0.2, -0.15) is 0 Å². The molecule has 1 nitrogen and oxygen atoms in total. The average Bonchev–Trinajstić information content (AvgIpc) is 1.86. The lowest BCUT2D eigenvalue weighted by Gasteiger charge is -2.15. The van der Waals surface area contributed by atoms with E-state index in [1.54, 1.807) is 0 Å². The van der Waals surface area contributed by atoms with Crippen LogP contribution in [0.5, 0.6) is 0 Å². The molecule has 0 aromatic heterocycles. The summed E-state index contributed by atoms with van der Waals surface area (Å²) in [6.07, 6.45) is 2.99. The van der Waals surface area contributed by atoms with Crippen LogP contribution in [0.1, 0.15) is 0 Å². The average molecular weight is 179 g/mol. The first-order valence-corrected chi connectivity index (χ1v) is 3.34. The summed E-state index contributed by atoms with van der Waals surface area (Å²) < 4.78 is 25.3. The Balaban J connectivity index is 2.88. The van der Waals surface area contributed by atoms with Gasteiger partial charge in [-0.1, -0.05) is 17.7 Å². The highest BCUT2D eigenvalue weighted by Crippen LogP contribution is 2.30. The molecule has 0 N–H and O–H groups in total. The maximum Gasteiger partial charge on any atom is 0.223 e. The molecule has 2 atom stereocenters. The molecule has 1 aliphatic carbocycles. The van der Waals surface area contributed by atoms with Crippen molar-refractivity contribution in [3.63, 3.8) is 0 Å². The Morgan fingerprint density at radius 3 is 2.82 bits per heavy atom. The number of hydrogen-bond donors (Lipinski definition) is 0. The number of rotatable bonds is 1. The van der Waals surface area contributed by atoms with Crippen molar-refractivity contribution in [1.82, 2.24) is 0 Å². The van der Waals surface area contributed by atoms with Gasteiger partial charge in [-0.05, 0) is 6.08 Å². The van der Waals surface area contributed by atoms with Gasteiger partial charge in [0, 0.05) is 6.08 Å². The zero-order chi connectivity index (χ0) is 8.48. The van der Waals surface area contributed by atoms with Gasteiger partial charge in [0.2, 0.25) is 5.13 Å². The summed E-state index contributed by atoms with van der Waals surface area (Å²) in [7, 11) is 0. The van der Waals surface area contributed by atoms with E-state index >= 15 is 0 Å². The van der Waals surface area contributed by atoms with Gasteiger partial charge in [-0.3, -0.25) is 0 Å². The standard InChI is InChI=1S/C7H5ClF2O/c8-7(10)2-1-5(4-11)6(9)3-7/h1-5H. The highest BCUT2D eigenvalue weighted by molar-refractivity contribution is 6.25. The van der Waals surface area contributed by atoms with E-state index in [4.69, 9.17) is 11.6 Å². The largest absolute Gasteiger partial charge is 0.302 e. The van der Waals surface area contributed by atoms with Crippen molar-refractivity contribution in [2.24, 2.45) is 5.92 Å². The van der Waals surface area contributed by atoms with Gasteiger partial charge < -0.3 is 4.79 Å². The van der Waals surface area contributed by atoms with Gasteiger partial charge in [0.25, 0.3) is 0 Å². The molecule has 11 heavy (non-hydrogen) atoms. The number of carbonyl (C=O) groups excluding carboxylic acids is 1. The molecule has 60 valence electrons. The molecule has 1 rings (SSSR count). The topological polar surface area (TPSA) is 17.1 Å². The van der Waals surface area contributed by atoms with Gasteiger partial charge in [-0.15, -0.1) is 0 Å². The lowest BCUT2D eigenvalue weighted by Crippen LogP contribution is -2.15. The number of carbonyl (C=O) groups is 1. The van der Waals surface area contributed by atoms with Gasteiger partial charge in [0.05, 0.1) is 5.92 Å². The Hall–Kier alpha value is -0.700. The highest BCUT2D eigenvalue weighted by Gasteiger charge is 2.27. The number of halogens is 3. The van der Waals surface area contributed by atoms with E-state index < -0.39 is 16.9 Å². The molecular weight excluding hydrogens is 174 g/mol. The van der Waals surface area contributed by atoms with E-state index in [1.165, 1.54) is 0 Å². The zero-order valence-corrected chi connectivity index (χ0v) is 6.18. The van der Waals surface area contributed by atoms with Crippen molar-refractivity contribution < 1.29 is 13.6 Å². The lowest BCUT2D eigenvalue weighted by atomic mass is 10.0. The second-order valence-electron chi connectivity index (χ2n) is 2.22. The molecule has 0 saturated heterocycles. The summed E-state index contributed by atoms with van der Waals surface area (Å²) in [5.41, 5.74) is 0. The summed E-state index contributed by atoms with van der Waals surface area (Å²) in [5.74, 6) is -1.82. The summed E-state index contributed by atoms with van der Waals surface area (Å²) in [4.78, 5) is 10.1. The molecule has 0 amide bonds. The van der Waals surface area contributed by atoms with Crippen molar-refractivity contribution in [3.8, 4) is 0 Å². The first-order chi connectivity index (χ1) is 5.05. The van der Waals surface area contributed by atoms with E-state index in [9.17, 15) is 13.6 Å². The number of aldehydes is 1. The summed E-state index contributed by atoms with van der Waals surface area (Å²) in [5, 5.41) is -2.27. The van der Waals surface area contributed by atoms with Crippen LogP contribution in [0, 0.1) is 5.92 Å². The highest BCUT2D eigenvalue weighted by atomic mass is 35.5. The Labute approximate surface area is 67.3 Å². The van der Waals surface area contributed by atoms with E-state index in [-0.39, 0.29) is 0 Å². The molecule has 0 aliphatic heterocycles. The van der Waals surface area contributed by atoms with Crippen molar-refractivity contribution in [3.05, 3.63) is 24.1 Å². The van der Waals surface area contributed by atoms with Crippen molar-refractivity contribution in [1.29, 1.82) is 0 Å². The smallest absolute Gasteiger partial charge is 0.223 e. The molecule has 2 unspecified atom stereocenters. The van der Waals surface area contributed by atoms with E-state index in [0.29, 0.717) is 12.4 Å². The molecule has 0 aromatic rings. The molecule has 0 heterocycles. The predicted octanol–water partition coefficient (Wildman–Crippen LogP) is 2.13. The molecule has 0 radical (unpaired) electrons. The van der Waals surface area contributed by atoms with E-state index in [1.807, 2.05) is 0 Å². The van der Waals surface area contributed by atoms with Crippen LogP contribution < -0.4 is 0 Å². The van der Waals surface area contributed by atoms with Crippen molar-refractivity contribution in [2.75, 3.05) is 0 Å². The molecule has 0 spiro atoms. The van der Waals surface area contributed by atoms with Crippen LogP contribution in [0.2, 0.25) is 0 Å². The van der Waals surface area contributed by atoms with Crippen LogP contribution >= 0.6 is 11.6 Å². The van der Waals surface area contributed by atoms with E-state index in [0.717, 1.165) is 12.2 Å². The maximum atomic E-state index is 12.7. The van der Waals surface area contributed by atoms with Gasteiger partial charge in [-0.25, -0.2) is 8.78 Å². The predicted molar refractivity (Wildman–Crippen MR) is 37.6 cm³/mol. The zero-order valence-electron chi connectivity index (χ0n) is 5.43. The quantitative estimate of drug-likeness (QED) is 0.342. The third-order valence-electron chi connectivity index (χ3n) is 1.32. The molecule has 0 saturated carbocycles. The van der Waals surface area contributed by atoms with Crippen LogP contribution in [0.3, 0.4) is 0 Å². The molecule has 4 heteroatoms. The van der Waals surface area contributed by atoms with Crippen LogP contribution in [0.25, 0.3) is 0 Å². The van der Waals surface area contributed by atoms with Crippen molar-refractivity contribution >= 4 is 17.9 Å². The summed E-state index contributed by atoms with van der Waals surface area (Å²) >= 11 is 5.10. The van der Waals surface area contributed by atoms with Gasteiger partial charge in [0.1, 0.15) is 12.1 Å². The Morgan fingerprint density at radius 1 is 1.73 bits per heavy atom. The Bertz CT molecular complexity index is 233. The minimum atomic E-state index is -2.27. The molecule has 0 bridgehead atoms. The summed E-state index contributed by atoms with van der Waals surface area (Å²) in [6, 6.07) is 0. The third kappa shape index (κ3) is 1.87. The van der Waals surface area contributed by atoms with Crippen LogP contribution in [-0.4, -0.2) is 11.4 Å². The fourth-order valence-corrected chi connectivity index (χ4v) is 0.939. The second-order valence-corrected chi connectivity index (χ2v) is 2.80. The number of alkyl halides is 2. The minimum absolute atomic E-state index is 0.383. The fourth-order valence-electron chi connectivity index (χ4n) is 0.762. The maximum absolute atomic E-state index is 12.7. The van der Waals surface area contributed by atoms with Gasteiger partial charge >= 0.3 is 0 Å². The second kappa shape index (κ2) is 2.74. The number of allylic oxidation sites excluding steroid dienone is 4. The SMILES string of the molecule is O=CC1C=CC(F)(Cl)C=C1F.